The second-order valence-electron chi connectivity index (χ2n) is 4.62. The fourth-order valence-electron chi connectivity index (χ4n) is 1.50. The molecule has 1 aromatic carbocycles. The average Bonchev–Trinajstić information content (AvgIpc) is 2.14. The van der Waals surface area contributed by atoms with Crippen molar-refractivity contribution in [3.05, 3.63) is 34.1 Å². The summed E-state index contributed by atoms with van der Waals surface area (Å²) in [5, 5.41) is 3.21. The first-order valence-corrected chi connectivity index (χ1v) is 6.07. The number of hydrogen-bond acceptors (Lipinski definition) is 2. The van der Waals surface area contributed by atoms with Crippen LogP contribution in [0.3, 0.4) is 0 Å². The molecule has 0 fully saturated rings. The van der Waals surface area contributed by atoms with E-state index in [1.54, 1.807) is 6.07 Å². The number of benzene rings is 1. The molecule has 1 rings (SSSR count). The molecular weight excluding hydrogens is 287 g/mol. The Labute approximate surface area is 109 Å². The van der Waals surface area contributed by atoms with Crippen LogP contribution in [0.4, 0.5) is 4.39 Å². The summed E-state index contributed by atoms with van der Waals surface area (Å²) in [6.45, 7) is 4.34. The predicted molar refractivity (Wildman–Crippen MR) is 68.8 cm³/mol. The van der Waals surface area contributed by atoms with Crippen molar-refractivity contribution < 1.29 is 9.18 Å². The van der Waals surface area contributed by atoms with Crippen LogP contribution < -0.4 is 11.1 Å². The molecule has 5 heteroatoms. The number of hydrogen-bond donors (Lipinski definition) is 2. The minimum absolute atomic E-state index is 0.256. The molecule has 0 aliphatic heterocycles. The van der Waals surface area contributed by atoms with Gasteiger partial charge in [-0.15, -0.1) is 0 Å². The summed E-state index contributed by atoms with van der Waals surface area (Å²) in [5.41, 5.74) is 5.72. The number of halogens is 2. The van der Waals surface area contributed by atoms with Crippen molar-refractivity contribution in [1.82, 2.24) is 5.32 Å². The van der Waals surface area contributed by atoms with E-state index < -0.39 is 0 Å². The van der Waals surface area contributed by atoms with E-state index in [0.29, 0.717) is 11.0 Å². The fraction of sp³-hybridized carbons (Fsp3) is 0.417. The van der Waals surface area contributed by atoms with Crippen LogP contribution in [0.1, 0.15) is 25.8 Å². The Balaban J connectivity index is 2.64. The molecular formula is C12H16BrFN2O. The van der Waals surface area contributed by atoms with E-state index in [0.717, 1.165) is 5.56 Å². The van der Waals surface area contributed by atoms with Gasteiger partial charge in [0.15, 0.2) is 0 Å². The van der Waals surface area contributed by atoms with Gasteiger partial charge in [-0.1, -0.05) is 22.0 Å². The fourth-order valence-corrected chi connectivity index (χ4v) is 1.99. The number of primary amides is 1. The lowest BCUT2D eigenvalue weighted by atomic mass is 10.00. The van der Waals surface area contributed by atoms with E-state index in [1.165, 1.54) is 12.1 Å². The van der Waals surface area contributed by atoms with E-state index >= 15 is 0 Å². The third-order valence-electron chi connectivity index (χ3n) is 2.39. The van der Waals surface area contributed by atoms with Crippen molar-refractivity contribution in [2.24, 2.45) is 5.73 Å². The highest BCUT2D eigenvalue weighted by Crippen LogP contribution is 2.19. The molecule has 0 radical (unpaired) electrons. The van der Waals surface area contributed by atoms with Crippen molar-refractivity contribution in [1.29, 1.82) is 0 Å². The van der Waals surface area contributed by atoms with Gasteiger partial charge in [0.25, 0.3) is 0 Å². The smallest absolute Gasteiger partial charge is 0.219 e. The summed E-state index contributed by atoms with van der Waals surface area (Å²) in [6.07, 6.45) is 0.256. The predicted octanol–water partition coefficient (Wildman–Crippen LogP) is 2.33. The number of carbonyl (C=O) groups is 1. The van der Waals surface area contributed by atoms with E-state index in [1.807, 2.05) is 13.8 Å². The van der Waals surface area contributed by atoms with Crippen molar-refractivity contribution in [2.45, 2.75) is 32.4 Å². The molecule has 3 N–H and O–H groups in total. The number of nitrogens with two attached hydrogens (primary N) is 1. The van der Waals surface area contributed by atoms with Gasteiger partial charge in [0.05, 0.1) is 0 Å². The summed E-state index contributed by atoms with van der Waals surface area (Å²) < 4.78 is 13.6. The van der Waals surface area contributed by atoms with Crippen molar-refractivity contribution >= 4 is 21.8 Å². The van der Waals surface area contributed by atoms with E-state index in [4.69, 9.17) is 5.73 Å². The highest BCUT2D eigenvalue weighted by atomic mass is 79.9. The first kappa shape index (κ1) is 14.1. The Morgan fingerprint density at radius 2 is 2.18 bits per heavy atom. The van der Waals surface area contributed by atoms with Gasteiger partial charge in [-0.05, 0) is 31.5 Å². The molecule has 0 saturated carbocycles. The van der Waals surface area contributed by atoms with Crippen LogP contribution in [-0.2, 0) is 11.3 Å². The molecule has 0 aliphatic rings. The normalized spacial score (nSPS) is 11.5. The lowest BCUT2D eigenvalue weighted by Gasteiger charge is -2.25. The SMILES string of the molecule is CC(C)(CC(N)=O)NCc1ccc(F)cc1Br. The van der Waals surface area contributed by atoms with Crippen LogP contribution in [0.25, 0.3) is 0 Å². The second-order valence-corrected chi connectivity index (χ2v) is 5.47. The molecule has 94 valence electrons. The first-order chi connectivity index (χ1) is 7.80. The zero-order chi connectivity index (χ0) is 13.1. The van der Waals surface area contributed by atoms with Gasteiger partial charge in [0.2, 0.25) is 5.91 Å². The molecule has 0 aliphatic carbocycles. The van der Waals surface area contributed by atoms with Gasteiger partial charge < -0.3 is 11.1 Å². The standard InChI is InChI=1S/C12H16BrFN2O/c1-12(2,6-11(15)17)16-7-8-3-4-9(14)5-10(8)13/h3-5,16H,6-7H2,1-2H3,(H2,15,17). The topological polar surface area (TPSA) is 55.1 Å². The van der Waals surface area contributed by atoms with Crippen LogP contribution in [0, 0.1) is 5.82 Å². The molecule has 0 aromatic heterocycles. The zero-order valence-electron chi connectivity index (χ0n) is 9.89. The number of rotatable bonds is 5. The van der Waals surface area contributed by atoms with Crippen molar-refractivity contribution in [3.8, 4) is 0 Å². The highest BCUT2D eigenvalue weighted by molar-refractivity contribution is 9.10. The van der Waals surface area contributed by atoms with Gasteiger partial charge in [-0.25, -0.2) is 4.39 Å². The van der Waals surface area contributed by atoms with Crippen molar-refractivity contribution in [2.75, 3.05) is 0 Å². The molecule has 0 bridgehead atoms. The van der Waals surface area contributed by atoms with Gasteiger partial charge in [0.1, 0.15) is 5.82 Å². The Hall–Kier alpha value is -0.940. The van der Waals surface area contributed by atoms with E-state index in [9.17, 15) is 9.18 Å². The van der Waals surface area contributed by atoms with Gasteiger partial charge >= 0.3 is 0 Å². The Kier molecular flexibility index (Phi) is 4.65. The molecule has 1 aromatic rings. The molecule has 0 atom stereocenters. The number of amides is 1. The largest absolute Gasteiger partial charge is 0.370 e. The minimum atomic E-state index is -0.375. The number of carbonyl (C=O) groups excluding carboxylic acids is 1. The lowest BCUT2D eigenvalue weighted by Crippen LogP contribution is -2.42. The maximum absolute atomic E-state index is 12.9. The quantitative estimate of drug-likeness (QED) is 0.877. The summed E-state index contributed by atoms with van der Waals surface area (Å²) in [7, 11) is 0. The Morgan fingerprint density at radius 1 is 1.53 bits per heavy atom. The van der Waals surface area contributed by atoms with Crippen LogP contribution in [0.2, 0.25) is 0 Å². The maximum atomic E-state index is 12.9. The molecule has 1 amide bonds. The molecule has 3 nitrogen and oxygen atoms in total. The lowest BCUT2D eigenvalue weighted by molar-refractivity contribution is -0.119. The van der Waals surface area contributed by atoms with E-state index in [2.05, 4.69) is 21.2 Å². The monoisotopic (exact) mass is 302 g/mol. The summed E-state index contributed by atoms with van der Waals surface area (Å²) in [5.74, 6) is -0.627. The Bertz CT molecular complexity index is 421. The third-order valence-corrected chi connectivity index (χ3v) is 3.13. The molecule has 0 heterocycles. The highest BCUT2D eigenvalue weighted by Gasteiger charge is 2.19. The minimum Gasteiger partial charge on any atom is -0.370 e. The first-order valence-electron chi connectivity index (χ1n) is 5.27. The van der Waals surface area contributed by atoms with Crippen LogP contribution >= 0.6 is 15.9 Å². The Morgan fingerprint density at radius 3 is 2.71 bits per heavy atom. The third kappa shape index (κ3) is 4.83. The van der Waals surface area contributed by atoms with Gasteiger partial charge in [-0.2, -0.15) is 0 Å². The molecule has 17 heavy (non-hydrogen) atoms. The second kappa shape index (κ2) is 5.60. The molecule has 0 unspecified atom stereocenters. The zero-order valence-corrected chi connectivity index (χ0v) is 11.5. The number of nitrogens with one attached hydrogen (secondary N) is 1. The van der Waals surface area contributed by atoms with Crippen LogP contribution in [0.15, 0.2) is 22.7 Å². The molecule has 0 saturated heterocycles. The van der Waals surface area contributed by atoms with Crippen molar-refractivity contribution in [3.63, 3.8) is 0 Å². The molecule has 0 spiro atoms. The van der Waals surface area contributed by atoms with E-state index in [-0.39, 0.29) is 23.7 Å². The summed E-state index contributed by atoms with van der Waals surface area (Å²) in [6, 6.07) is 4.52. The summed E-state index contributed by atoms with van der Waals surface area (Å²) in [4.78, 5) is 10.9. The summed E-state index contributed by atoms with van der Waals surface area (Å²) >= 11 is 3.29. The average molecular weight is 303 g/mol. The van der Waals surface area contributed by atoms with Crippen LogP contribution in [-0.4, -0.2) is 11.4 Å². The maximum Gasteiger partial charge on any atom is 0.219 e. The van der Waals surface area contributed by atoms with Gasteiger partial charge in [0, 0.05) is 23.0 Å². The van der Waals surface area contributed by atoms with Gasteiger partial charge in [-0.3, -0.25) is 4.79 Å². The van der Waals surface area contributed by atoms with Crippen LogP contribution in [0.5, 0.6) is 0 Å².